The number of carbonyl (C=O) groups is 2. The van der Waals surface area contributed by atoms with Gasteiger partial charge in [-0.2, -0.15) is 0 Å². The van der Waals surface area contributed by atoms with E-state index in [1.807, 2.05) is 0 Å². The van der Waals surface area contributed by atoms with Crippen LogP contribution in [-0.2, 0) is 14.3 Å². The van der Waals surface area contributed by atoms with Crippen molar-refractivity contribution in [1.29, 1.82) is 0 Å². The molecule has 0 saturated carbocycles. The van der Waals surface area contributed by atoms with Crippen LogP contribution in [0.15, 0.2) is 12.7 Å². The Kier molecular flexibility index (Phi) is 8.67. The van der Waals surface area contributed by atoms with Crippen LogP contribution in [0, 0.1) is 0 Å². The first-order chi connectivity index (χ1) is 4.66. The third-order valence-corrected chi connectivity index (χ3v) is 0.727. The fourth-order valence-corrected chi connectivity index (χ4v) is 0.298. The molecule has 0 fully saturated rings. The minimum absolute atomic E-state index is 0. The third-order valence-electron chi connectivity index (χ3n) is 0.727. The number of carbonyl (C=O) groups excluding carboxylic acids is 1. The molecule has 0 spiro atoms. The van der Waals surface area contributed by atoms with Crippen LogP contribution in [0.25, 0.3) is 0 Å². The molecule has 0 unspecified atom stereocenters. The van der Waals surface area contributed by atoms with Crippen LogP contribution in [0.1, 0.15) is 6.42 Å². The van der Waals surface area contributed by atoms with Crippen LogP contribution in [0.4, 0.5) is 0 Å². The van der Waals surface area contributed by atoms with Crippen molar-refractivity contribution in [1.82, 2.24) is 0 Å². The van der Waals surface area contributed by atoms with Gasteiger partial charge in [0.2, 0.25) is 0 Å². The molecule has 5 heteroatoms. The summed E-state index contributed by atoms with van der Waals surface area (Å²) >= 11 is 0. The molecule has 0 saturated heterocycles. The summed E-state index contributed by atoms with van der Waals surface area (Å²) in [5.41, 5.74) is 0. The molecule has 0 aliphatic rings. The van der Waals surface area contributed by atoms with Crippen molar-refractivity contribution in [2.24, 2.45) is 0 Å². The van der Waals surface area contributed by atoms with Crippen LogP contribution in [-0.4, -0.2) is 42.5 Å². The van der Waals surface area contributed by atoms with E-state index < -0.39 is 11.9 Å². The van der Waals surface area contributed by atoms with Crippen molar-refractivity contribution in [3.05, 3.63) is 12.7 Å². The molecular weight excluding hydrogens is 143 g/mol. The summed E-state index contributed by atoms with van der Waals surface area (Å²) in [5.74, 6) is -1.59. The third kappa shape index (κ3) is 9.28. The Hall–Kier alpha value is -0.723. The van der Waals surface area contributed by atoms with Crippen LogP contribution < -0.4 is 0 Å². The van der Waals surface area contributed by atoms with Gasteiger partial charge < -0.3 is 9.84 Å². The molecule has 0 aromatic heterocycles. The van der Waals surface area contributed by atoms with Gasteiger partial charge in [-0.3, -0.25) is 4.79 Å². The van der Waals surface area contributed by atoms with Gasteiger partial charge in [0, 0.05) is 6.08 Å². The summed E-state index contributed by atoms with van der Waals surface area (Å²) in [7, 11) is 0. The molecule has 0 aromatic rings. The predicted octanol–water partition coefficient (Wildman–Crippen LogP) is -0.458. The van der Waals surface area contributed by atoms with E-state index in [2.05, 4.69) is 11.3 Å². The van der Waals surface area contributed by atoms with Gasteiger partial charge in [0.05, 0.1) is 6.42 Å². The number of carboxylic acid groups (broad SMARTS) is 1. The Morgan fingerprint density at radius 1 is 1.55 bits per heavy atom. The fraction of sp³-hybridized carbons (Fsp3) is 0.333. The first-order valence-corrected chi connectivity index (χ1v) is 2.68. The molecule has 0 atom stereocenters. The standard InChI is InChI=1S/C6H8O4.Li.H/c1-2-6(9)10-4-3-5(7)8;;/h2H,1,3-4H2,(H,7,8);;. The van der Waals surface area contributed by atoms with Gasteiger partial charge in [-0.1, -0.05) is 6.58 Å². The molecule has 11 heavy (non-hydrogen) atoms. The number of carboxylic acids is 1. The normalized spacial score (nSPS) is 7.64. The molecule has 0 aliphatic heterocycles. The average molecular weight is 152 g/mol. The Morgan fingerprint density at radius 2 is 2.09 bits per heavy atom. The zero-order valence-electron chi connectivity index (χ0n) is 5.37. The van der Waals surface area contributed by atoms with Gasteiger partial charge in [0.1, 0.15) is 6.61 Å². The monoisotopic (exact) mass is 152 g/mol. The maximum atomic E-state index is 10.3. The van der Waals surface area contributed by atoms with Gasteiger partial charge in [0.25, 0.3) is 0 Å². The van der Waals surface area contributed by atoms with E-state index >= 15 is 0 Å². The average Bonchev–Trinajstić information content (AvgIpc) is 1.87. The second kappa shape index (κ2) is 7.39. The van der Waals surface area contributed by atoms with Crippen LogP contribution in [0.5, 0.6) is 0 Å². The Labute approximate surface area is 76.4 Å². The Balaban J connectivity index is 0. The van der Waals surface area contributed by atoms with E-state index in [1.165, 1.54) is 0 Å². The van der Waals surface area contributed by atoms with Crippen molar-refractivity contribution < 1.29 is 19.4 Å². The van der Waals surface area contributed by atoms with E-state index in [0.717, 1.165) is 6.08 Å². The summed E-state index contributed by atoms with van der Waals surface area (Å²) in [5, 5.41) is 8.08. The van der Waals surface area contributed by atoms with Crippen LogP contribution >= 0.6 is 0 Å². The zero-order chi connectivity index (χ0) is 7.98. The number of hydrogen-bond donors (Lipinski definition) is 1. The van der Waals surface area contributed by atoms with E-state index in [1.54, 1.807) is 0 Å². The fourth-order valence-electron chi connectivity index (χ4n) is 0.298. The predicted molar refractivity (Wildman–Crippen MR) is 40.6 cm³/mol. The van der Waals surface area contributed by atoms with Gasteiger partial charge in [-0.05, 0) is 0 Å². The first-order valence-electron chi connectivity index (χ1n) is 2.68. The maximum absolute atomic E-state index is 10.3. The number of esters is 1. The summed E-state index contributed by atoms with van der Waals surface area (Å²) in [6.45, 7) is 3.04. The number of hydrogen-bond acceptors (Lipinski definition) is 3. The summed E-state index contributed by atoms with van der Waals surface area (Å²) in [6, 6.07) is 0. The Morgan fingerprint density at radius 3 is 2.45 bits per heavy atom. The second-order valence-corrected chi connectivity index (χ2v) is 1.52. The second-order valence-electron chi connectivity index (χ2n) is 1.52. The van der Waals surface area contributed by atoms with Crippen molar-refractivity contribution in [3.8, 4) is 0 Å². The Bertz CT molecular complexity index is 155. The molecule has 1 N–H and O–H groups in total. The van der Waals surface area contributed by atoms with E-state index in [0.29, 0.717) is 0 Å². The van der Waals surface area contributed by atoms with E-state index in [9.17, 15) is 9.59 Å². The molecule has 0 aromatic carbocycles. The molecule has 0 heterocycles. The minimum atomic E-state index is -0.989. The molecule has 0 bridgehead atoms. The van der Waals surface area contributed by atoms with E-state index in [-0.39, 0.29) is 31.9 Å². The van der Waals surface area contributed by atoms with E-state index in [4.69, 9.17) is 5.11 Å². The number of rotatable bonds is 4. The molecular formula is C6H9LiO4. The molecule has 0 radical (unpaired) electrons. The van der Waals surface area contributed by atoms with Crippen molar-refractivity contribution in [3.63, 3.8) is 0 Å². The summed E-state index contributed by atoms with van der Waals surface area (Å²) < 4.78 is 4.36. The van der Waals surface area contributed by atoms with Crippen molar-refractivity contribution in [2.45, 2.75) is 6.42 Å². The summed E-state index contributed by atoms with van der Waals surface area (Å²) in [6.07, 6.45) is 0.821. The zero-order valence-corrected chi connectivity index (χ0v) is 5.37. The van der Waals surface area contributed by atoms with Crippen LogP contribution in [0.2, 0.25) is 0 Å². The van der Waals surface area contributed by atoms with Gasteiger partial charge in [0.15, 0.2) is 0 Å². The van der Waals surface area contributed by atoms with Gasteiger partial charge in [-0.25, -0.2) is 4.79 Å². The SMILES string of the molecule is C=CC(=O)OCCC(=O)O.[LiH]. The van der Waals surface area contributed by atoms with Gasteiger partial charge in [-0.15, -0.1) is 0 Å². The number of aliphatic carboxylic acids is 1. The molecule has 0 aliphatic carbocycles. The molecule has 4 nitrogen and oxygen atoms in total. The van der Waals surface area contributed by atoms with Crippen molar-refractivity contribution in [2.75, 3.05) is 6.61 Å². The summed E-state index contributed by atoms with van der Waals surface area (Å²) in [4.78, 5) is 20.1. The number of ether oxygens (including phenoxy) is 1. The molecule has 0 rings (SSSR count). The van der Waals surface area contributed by atoms with Crippen LogP contribution in [0.3, 0.4) is 0 Å². The topological polar surface area (TPSA) is 63.6 Å². The van der Waals surface area contributed by atoms with Gasteiger partial charge >= 0.3 is 30.8 Å². The molecule has 0 amide bonds. The molecule has 58 valence electrons. The van der Waals surface area contributed by atoms with Crippen molar-refractivity contribution >= 4 is 30.8 Å². The quantitative estimate of drug-likeness (QED) is 0.336. The first kappa shape index (κ1) is 12.9.